The molecule has 5 nitrogen and oxygen atoms in total. The van der Waals surface area contributed by atoms with Gasteiger partial charge in [-0.1, -0.05) is 52.7 Å². The Labute approximate surface area is 205 Å². The summed E-state index contributed by atoms with van der Waals surface area (Å²) in [5.41, 5.74) is 3.00. The number of aromatic nitrogens is 3. The summed E-state index contributed by atoms with van der Waals surface area (Å²) in [7, 11) is 0. The van der Waals surface area contributed by atoms with Gasteiger partial charge in [-0.15, -0.1) is 0 Å². The summed E-state index contributed by atoms with van der Waals surface area (Å²) in [6, 6.07) is 12.7. The van der Waals surface area contributed by atoms with E-state index >= 15 is 0 Å². The minimum absolute atomic E-state index is 0.489. The van der Waals surface area contributed by atoms with Gasteiger partial charge >= 0.3 is 0 Å². The zero-order valence-corrected chi connectivity index (χ0v) is 20.2. The summed E-state index contributed by atoms with van der Waals surface area (Å²) in [6.07, 6.45) is 4.01. The Hall–Kier alpha value is -2.48. The lowest BCUT2D eigenvalue weighted by molar-refractivity contribution is 0.485. The highest BCUT2D eigenvalue weighted by molar-refractivity contribution is 7.18. The van der Waals surface area contributed by atoms with Crippen molar-refractivity contribution in [3.8, 4) is 0 Å². The van der Waals surface area contributed by atoms with Crippen LogP contribution in [0.25, 0.3) is 10.3 Å². The van der Waals surface area contributed by atoms with Crippen LogP contribution in [0.2, 0.25) is 10.0 Å². The molecule has 0 radical (unpaired) electrons. The largest absolute Gasteiger partial charge is 0.341 e. The molecule has 1 saturated heterocycles. The van der Waals surface area contributed by atoms with E-state index in [4.69, 9.17) is 38.2 Å². The highest BCUT2D eigenvalue weighted by Gasteiger charge is 2.20. The smallest absolute Gasteiger partial charge is 0.228 e. The molecule has 5 rings (SSSR count). The van der Waals surface area contributed by atoms with Crippen molar-refractivity contribution >= 4 is 62.3 Å². The normalized spacial score (nSPS) is 14.1. The van der Waals surface area contributed by atoms with Gasteiger partial charge in [-0.05, 0) is 54.7 Å². The zero-order valence-electron chi connectivity index (χ0n) is 17.8. The molecule has 170 valence electrons. The standard InChI is InChI=1S/C24H22Cl2FN5S/c25-18-5-4-6-19(26)17(18)13-20-29-21-22(28-16-9-7-15(14-27)8-10-16)30-24(31-23(21)33-20)32-11-2-1-3-12-32/h4-10H,1-3,11-14H2,(H,28,30,31). The lowest BCUT2D eigenvalue weighted by Crippen LogP contribution is -2.31. The van der Waals surface area contributed by atoms with E-state index in [1.165, 1.54) is 17.8 Å². The van der Waals surface area contributed by atoms with Gasteiger partial charge in [0.2, 0.25) is 5.95 Å². The predicted molar refractivity (Wildman–Crippen MR) is 135 cm³/mol. The van der Waals surface area contributed by atoms with Crippen molar-refractivity contribution < 1.29 is 4.39 Å². The third-order valence-electron chi connectivity index (χ3n) is 5.69. The molecule has 33 heavy (non-hydrogen) atoms. The van der Waals surface area contributed by atoms with Crippen molar-refractivity contribution in [3.05, 3.63) is 68.6 Å². The molecule has 1 fully saturated rings. The van der Waals surface area contributed by atoms with Crippen molar-refractivity contribution in [2.24, 2.45) is 0 Å². The number of nitrogens with zero attached hydrogens (tertiary/aromatic N) is 4. The van der Waals surface area contributed by atoms with Crippen LogP contribution in [0.15, 0.2) is 42.5 Å². The number of piperidine rings is 1. The molecular weight excluding hydrogens is 480 g/mol. The lowest BCUT2D eigenvalue weighted by Gasteiger charge is -2.26. The summed E-state index contributed by atoms with van der Waals surface area (Å²) in [6.45, 7) is 1.39. The van der Waals surface area contributed by atoms with Gasteiger partial charge in [-0.25, -0.2) is 9.37 Å². The number of hydrogen-bond donors (Lipinski definition) is 1. The summed E-state index contributed by atoms with van der Waals surface area (Å²) in [5.74, 6) is 1.34. The van der Waals surface area contributed by atoms with Crippen molar-refractivity contribution in [1.82, 2.24) is 15.0 Å². The van der Waals surface area contributed by atoms with Crippen LogP contribution in [0.4, 0.5) is 21.8 Å². The van der Waals surface area contributed by atoms with E-state index in [0.29, 0.717) is 39.3 Å². The quantitative estimate of drug-likeness (QED) is 0.303. The molecule has 1 aliphatic heterocycles. The van der Waals surface area contributed by atoms with Crippen LogP contribution in [-0.2, 0) is 13.1 Å². The van der Waals surface area contributed by atoms with Crippen molar-refractivity contribution in [2.75, 3.05) is 23.3 Å². The molecule has 4 aromatic rings. The minimum atomic E-state index is -0.489. The van der Waals surface area contributed by atoms with Crippen LogP contribution in [0, 0.1) is 0 Å². The van der Waals surface area contributed by atoms with Crippen LogP contribution in [0.5, 0.6) is 0 Å². The molecule has 0 spiro atoms. The Morgan fingerprint density at radius 3 is 2.36 bits per heavy atom. The van der Waals surface area contributed by atoms with E-state index in [0.717, 1.165) is 47.0 Å². The molecule has 0 aliphatic carbocycles. The van der Waals surface area contributed by atoms with Crippen LogP contribution in [-0.4, -0.2) is 28.0 Å². The molecule has 0 amide bonds. The topological polar surface area (TPSA) is 53.9 Å². The molecule has 9 heteroatoms. The van der Waals surface area contributed by atoms with Gasteiger partial charge in [0.25, 0.3) is 0 Å². The van der Waals surface area contributed by atoms with Crippen LogP contribution < -0.4 is 10.2 Å². The van der Waals surface area contributed by atoms with Gasteiger partial charge in [0.15, 0.2) is 10.6 Å². The van der Waals surface area contributed by atoms with Crippen LogP contribution in [0.1, 0.15) is 35.4 Å². The number of alkyl halides is 1. The minimum Gasteiger partial charge on any atom is -0.341 e. The monoisotopic (exact) mass is 501 g/mol. The Kier molecular flexibility index (Phi) is 6.62. The predicted octanol–water partition coefficient (Wildman–Crippen LogP) is 7.19. The van der Waals surface area contributed by atoms with Crippen molar-refractivity contribution in [1.29, 1.82) is 0 Å². The first-order chi connectivity index (χ1) is 16.1. The maximum Gasteiger partial charge on any atom is 0.228 e. The molecule has 0 atom stereocenters. The summed E-state index contributed by atoms with van der Waals surface area (Å²) >= 11 is 14.3. The highest BCUT2D eigenvalue weighted by atomic mass is 35.5. The molecule has 2 aromatic heterocycles. The highest BCUT2D eigenvalue weighted by Crippen LogP contribution is 2.34. The number of halogens is 3. The van der Waals surface area contributed by atoms with Gasteiger partial charge in [0, 0.05) is 35.2 Å². The average molecular weight is 502 g/mol. The van der Waals surface area contributed by atoms with Crippen LogP contribution in [0.3, 0.4) is 0 Å². The van der Waals surface area contributed by atoms with E-state index in [-0.39, 0.29) is 0 Å². The second kappa shape index (κ2) is 9.79. The zero-order chi connectivity index (χ0) is 22.8. The van der Waals surface area contributed by atoms with Gasteiger partial charge in [0.05, 0.1) is 0 Å². The van der Waals surface area contributed by atoms with E-state index in [1.807, 2.05) is 30.3 Å². The van der Waals surface area contributed by atoms with Gasteiger partial charge in [-0.2, -0.15) is 9.97 Å². The Morgan fingerprint density at radius 1 is 0.939 bits per heavy atom. The fourth-order valence-corrected chi connectivity index (χ4v) is 5.39. The molecule has 0 bridgehead atoms. The van der Waals surface area contributed by atoms with Crippen LogP contribution >= 0.6 is 34.5 Å². The van der Waals surface area contributed by atoms with Gasteiger partial charge in [-0.3, -0.25) is 0 Å². The van der Waals surface area contributed by atoms with Crippen molar-refractivity contribution in [2.45, 2.75) is 32.4 Å². The molecule has 1 N–H and O–H groups in total. The van der Waals surface area contributed by atoms with Gasteiger partial charge < -0.3 is 10.2 Å². The molecule has 0 unspecified atom stereocenters. The van der Waals surface area contributed by atoms with Crippen molar-refractivity contribution in [3.63, 3.8) is 0 Å². The van der Waals surface area contributed by atoms with E-state index in [9.17, 15) is 4.39 Å². The second-order valence-corrected chi connectivity index (χ2v) is 9.89. The molecule has 1 aliphatic rings. The molecule has 2 aromatic carbocycles. The summed E-state index contributed by atoms with van der Waals surface area (Å²) in [5, 5.41) is 5.47. The van der Waals surface area contributed by atoms with E-state index in [1.54, 1.807) is 12.1 Å². The second-order valence-electron chi connectivity index (χ2n) is 8.01. The first-order valence-corrected chi connectivity index (χ1v) is 12.4. The summed E-state index contributed by atoms with van der Waals surface area (Å²) in [4.78, 5) is 17.6. The first-order valence-electron chi connectivity index (χ1n) is 10.9. The number of benzene rings is 2. The summed E-state index contributed by atoms with van der Waals surface area (Å²) < 4.78 is 12.9. The molecular formula is C24H22Cl2FN5S. The third kappa shape index (κ3) is 4.90. The fourth-order valence-electron chi connectivity index (χ4n) is 3.92. The molecule has 0 saturated carbocycles. The number of fused-ring (bicyclic) bond motifs is 1. The van der Waals surface area contributed by atoms with E-state index < -0.39 is 6.67 Å². The Bertz CT molecular complexity index is 1250. The fraction of sp³-hybridized carbons (Fsp3) is 0.292. The number of nitrogens with one attached hydrogen (secondary N) is 1. The Morgan fingerprint density at radius 2 is 1.67 bits per heavy atom. The van der Waals surface area contributed by atoms with E-state index in [2.05, 4.69) is 10.2 Å². The Balaban J connectivity index is 1.54. The SMILES string of the molecule is FCc1ccc(Nc2nc(N3CCCCC3)nc3sc(Cc4c(Cl)cccc4Cl)nc23)cc1. The number of thiazole rings is 1. The maximum absolute atomic E-state index is 12.9. The lowest BCUT2D eigenvalue weighted by atomic mass is 10.1. The maximum atomic E-state index is 12.9. The number of hydrogen-bond acceptors (Lipinski definition) is 6. The average Bonchev–Trinajstić information content (AvgIpc) is 3.25. The van der Waals surface area contributed by atoms with Gasteiger partial charge in [0.1, 0.15) is 17.2 Å². The number of rotatable bonds is 6. The number of anilines is 3. The first kappa shape index (κ1) is 22.3. The third-order valence-corrected chi connectivity index (χ3v) is 7.35. The molecule has 3 heterocycles.